The highest BCUT2D eigenvalue weighted by atomic mass is 19.1. The van der Waals surface area contributed by atoms with Crippen molar-refractivity contribution in [1.29, 1.82) is 0 Å². The highest BCUT2D eigenvalue weighted by Crippen LogP contribution is 2.33. The summed E-state index contributed by atoms with van der Waals surface area (Å²) in [6.45, 7) is 0.998. The lowest BCUT2D eigenvalue weighted by atomic mass is 9.82. The first-order valence-corrected chi connectivity index (χ1v) is 7.35. The summed E-state index contributed by atoms with van der Waals surface area (Å²) < 4.78 is 13.9. The van der Waals surface area contributed by atoms with Crippen LogP contribution in [0.15, 0.2) is 12.1 Å². The lowest BCUT2D eigenvalue weighted by Crippen LogP contribution is -2.32. The van der Waals surface area contributed by atoms with Crippen molar-refractivity contribution in [1.82, 2.24) is 4.90 Å². The topological polar surface area (TPSA) is 57.6 Å². The maximum Gasteiger partial charge on any atom is 0.257 e. The number of benzene rings is 1. The molecule has 0 unspecified atom stereocenters. The van der Waals surface area contributed by atoms with Crippen LogP contribution in [0, 0.1) is 17.7 Å². The van der Waals surface area contributed by atoms with Crippen molar-refractivity contribution in [2.24, 2.45) is 11.8 Å². The minimum Gasteiger partial charge on any atom is -0.505 e. The molecule has 1 aliphatic carbocycles. The second-order valence-electron chi connectivity index (χ2n) is 6.04. The molecule has 0 aromatic heterocycles. The molecule has 4 nitrogen and oxygen atoms in total. The number of aldehydes is 1. The van der Waals surface area contributed by atoms with Gasteiger partial charge in [-0.15, -0.1) is 0 Å². The first kappa shape index (κ1) is 14.0. The standard InChI is InChI=1S/C16H18FNO3/c17-15-13(20)6-5-12-8-18(16(21)14(12)15)7-10-1-3-11(9-19)4-2-10/h5-6,9-11,20H,1-4,7-8H2. The van der Waals surface area contributed by atoms with Crippen LogP contribution in [0.4, 0.5) is 4.39 Å². The molecule has 1 amide bonds. The molecule has 21 heavy (non-hydrogen) atoms. The van der Waals surface area contributed by atoms with Gasteiger partial charge in [-0.3, -0.25) is 4.79 Å². The van der Waals surface area contributed by atoms with E-state index in [1.165, 1.54) is 6.07 Å². The number of carbonyl (C=O) groups is 2. The van der Waals surface area contributed by atoms with Gasteiger partial charge < -0.3 is 14.8 Å². The molecule has 0 radical (unpaired) electrons. The van der Waals surface area contributed by atoms with Gasteiger partial charge in [0.15, 0.2) is 11.6 Å². The molecule has 1 aromatic rings. The van der Waals surface area contributed by atoms with Gasteiger partial charge in [-0.2, -0.15) is 0 Å². The number of amides is 1. The fraction of sp³-hybridized carbons (Fsp3) is 0.500. The summed E-state index contributed by atoms with van der Waals surface area (Å²) in [4.78, 5) is 24.7. The number of aromatic hydroxyl groups is 1. The Kier molecular flexibility index (Phi) is 3.66. The Morgan fingerprint density at radius 2 is 2.00 bits per heavy atom. The van der Waals surface area contributed by atoms with Gasteiger partial charge in [-0.25, -0.2) is 4.39 Å². The number of hydrogen-bond acceptors (Lipinski definition) is 3. The van der Waals surface area contributed by atoms with E-state index < -0.39 is 11.6 Å². The average molecular weight is 291 g/mol. The molecule has 1 fully saturated rings. The molecule has 1 heterocycles. The Morgan fingerprint density at radius 3 is 2.67 bits per heavy atom. The van der Waals surface area contributed by atoms with Crippen LogP contribution in [-0.4, -0.2) is 28.7 Å². The molecule has 1 N–H and O–H groups in total. The highest BCUT2D eigenvalue weighted by molar-refractivity contribution is 5.99. The summed E-state index contributed by atoms with van der Waals surface area (Å²) in [5, 5.41) is 9.39. The fourth-order valence-electron chi connectivity index (χ4n) is 3.37. The van der Waals surface area contributed by atoms with Gasteiger partial charge >= 0.3 is 0 Å². The van der Waals surface area contributed by atoms with E-state index in [2.05, 4.69) is 0 Å². The van der Waals surface area contributed by atoms with Crippen molar-refractivity contribution in [3.05, 3.63) is 29.1 Å². The van der Waals surface area contributed by atoms with Gasteiger partial charge in [0.1, 0.15) is 6.29 Å². The van der Waals surface area contributed by atoms with E-state index in [9.17, 15) is 19.1 Å². The van der Waals surface area contributed by atoms with Gasteiger partial charge in [0.2, 0.25) is 0 Å². The minimum absolute atomic E-state index is 0.0107. The normalized spacial score (nSPS) is 25.0. The van der Waals surface area contributed by atoms with E-state index in [0.29, 0.717) is 24.6 Å². The van der Waals surface area contributed by atoms with Crippen molar-refractivity contribution in [2.45, 2.75) is 32.2 Å². The zero-order valence-electron chi connectivity index (χ0n) is 11.7. The van der Waals surface area contributed by atoms with E-state index >= 15 is 0 Å². The van der Waals surface area contributed by atoms with Gasteiger partial charge in [0.05, 0.1) is 5.56 Å². The van der Waals surface area contributed by atoms with E-state index in [4.69, 9.17) is 0 Å². The predicted molar refractivity (Wildman–Crippen MR) is 74.3 cm³/mol. The minimum atomic E-state index is -0.815. The summed E-state index contributed by atoms with van der Waals surface area (Å²) in [6, 6.07) is 2.90. The van der Waals surface area contributed by atoms with Crippen LogP contribution >= 0.6 is 0 Å². The summed E-state index contributed by atoms with van der Waals surface area (Å²) in [5.74, 6) is -1.10. The largest absolute Gasteiger partial charge is 0.505 e. The van der Waals surface area contributed by atoms with E-state index in [1.54, 1.807) is 11.0 Å². The lowest BCUT2D eigenvalue weighted by molar-refractivity contribution is -0.112. The van der Waals surface area contributed by atoms with Crippen LogP contribution in [-0.2, 0) is 11.3 Å². The maximum absolute atomic E-state index is 13.9. The molecule has 3 rings (SSSR count). The van der Waals surface area contributed by atoms with Gasteiger partial charge in [-0.1, -0.05) is 6.07 Å². The van der Waals surface area contributed by atoms with Crippen LogP contribution < -0.4 is 0 Å². The third kappa shape index (κ3) is 2.52. The molecule has 0 bridgehead atoms. The molecular formula is C16H18FNO3. The predicted octanol–water partition coefficient (Wildman–Crippen LogP) is 2.49. The van der Waals surface area contributed by atoms with Gasteiger partial charge in [0, 0.05) is 19.0 Å². The zero-order chi connectivity index (χ0) is 15.0. The van der Waals surface area contributed by atoms with Crippen LogP contribution in [0.25, 0.3) is 0 Å². The Hall–Kier alpha value is -1.91. The molecule has 1 aliphatic heterocycles. The molecule has 0 atom stereocenters. The number of hydrogen-bond donors (Lipinski definition) is 1. The number of fused-ring (bicyclic) bond motifs is 1. The van der Waals surface area contributed by atoms with Crippen LogP contribution in [0.1, 0.15) is 41.6 Å². The molecule has 2 aliphatic rings. The average Bonchev–Trinajstić information content (AvgIpc) is 2.81. The zero-order valence-corrected chi connectivity index (χ0v) is 11.7. The first-order chi connectivity index (χ1) is 10.1. The number of phenols is 1. The molecule has 112 valence electrons. The van der Waals surface area contributed by atoms with Crippen LogP contribution in [0.3, 0.4) is 0 Å². The summed E-state index contributed by atoms with van der Waals surface area (Å²) >= 11 is 0. The Balaban J connectivity index is 1.68. The van der Waals surface area contributed by atoms with Gasteiger partial charge in [-0.05, 0) is 43.2 Å². The maximum atomic E-state index is 13.9. The quantitative estimate of drug-likeness (QED) is 0.870. The summed E-state index contributed by atoms with van der Waals surface area (Å²) in [5.41, 5.74) is 0.647. The second-order valence-corrected chi connectivity index (χ2v) is 6.04. The molecular weight excluding hydrogens is 273 g/mol. The lowest BCUT2D eigenvalue weighted by Gasteiger charge is -2.29. The molecule has 1 aromatic carbocycles. The Labute approximate surface area is 122 Å². The number of carbonyl (C=O) groups excluding carboxylic acids is 2. The SMILES string of the molecule is O=CC1CCC(CN2Cc3ccc(O)c(F)c3C2=O)CC1. The fourth-order valence-corrected chi connectivity index (χ4v) is 3.37. The van der Waals surface area contributed by atoms with Crippen LogP contribution in [0.5, 0.6) is 5.75 Å². The van der Waals surface area contributed by atoms with Crippen molar-refractivity contribution in [3.63, 3.8) is 0 Å². The summed E-state index contributed by atoms with van der Waals surface area (Å²) in [6.07, 6.45) is 4.62. The van der Waals surface area contributed by atoms with E-state index in [0.717, 1.165) is 32.0 Å². The highest BCUT2D eigenvalue weighted by Gasteiger charge is 2.33. The second kappa shape index (κ2) is 5.47. The number of nitrogens with zero attached hydrogens (tertiary/aromatic N) is 1. The van der Waals surface area contributed by atoms with Crippen molar-refractivity contribution < 1.29 is 19.1 Å². The molecule has 0 spiro atoms. The molecule has 5 heteroatoms. The third-order valence-electron chi connectivity index (χ3n) is 4.63. The van der Waals surface area contributed by atoms with E-state index in [1.807, 2.05) is 0 Å². The first-order valence-electron chi connectivity index (χ1n) is 7.35. The van der Waals surface area contributed by atoms with Gasteiger partial charge in [0.25, 0.3) is 5.91 Å². The molecule has 1 saturated carbocycles. The van der Waals surface area contributed by atoms with Crippen LogP contribution in [0.2, 0.25) is 0 Å². The number of rotatable bonds is 3. The Morgan fingerprint density at radius 1 is 1.29 bits per heavy atom. The summed E-state index contributed by atoms with van der Waals surface area (Å²) in [7, 11) is 0. The third-order valence-corrected chi connectivity index (χ3v) is 4.63. The van der Waals surface area contributed by atoms with Crippen molar-refractivity contribution in [3.8, 4) is 5.75 Å². The van der Waals surface area contributed by atoms with Crippen molar-refractivity contribution in [2.75, 3.05) is 6.54 Å². The molecule has 0 saturated heterocycles. The number of halogens is 1. The van der Waals surface area contributed by atoms with E-state index in [-0.39, 0.29) is 17.4 Å². The number of phenolic OH excluding ortho intramolecular Hbond substituents is 1. The Bertz CT molecular complexity index is 579. The smallest absolute Gasteiger partial charge is 0.257 e. The van der Waals surface area contributed by atoms with Crippen molar-refractivity contribution >= 4 is 12.2 Å². The monoisotopic (exact) mass is 291 g/mol.